The lowest BCUT2D eigenvalue weighted by atomic mass is 10.1. The van der Waals surface area contributed by atoms with Gasteiger partial charge in [-0.2, -0.15) is 0 Å². The van der Waals surface area contributed by atoms with Gasteiger partial charge in [-0.1, -0.05) is 31.2 Å². The molecular weight excluding hydrogens is 378 g/mol. The maximum absolute atomic E-state index is 12.2. The van der Waals surface area contributed by atoms with Gasteiger partial charge in [0.25, 0.3) is 0 Å². The standard InChI is InChI=1S/C20H25N3O4S/c1-4-15-8-5-6-11-18(15)22-20(25)14-23(2)13-19(24)21-16-9-7-10-17(12-16)28(3,26)27/h5-12H,4,13-14H2,1-3H3,(H,21,24)(H,22,25). The van der Waals surface area contributed by atoms with Gasteiger partial charge in [-0.05, 0) is 43.3 Å². The lowest BCUT2D eigenvalue weighted by molar-refractivity contribution is -0.119. The van der Waals surface area contributed by atoms with Gasteiger partial charge in [0.15, 0.2) is 9.84 Å². The van der Waals surface area contributed by atoms with E-state index in [0.29, 0.717) is 5.69 Å². The largest absolute Gasteiger partial charge is 0.325 e. The lowest BCUT2D eigenvalue weighted by Gasteiger charge is -2.17. The molecule has 7 nitrogen and oxygen atoms in total. The summed E-state index contributed by atoms with van der Waals surface area (Å²) in [6.45, 7) is 2.06. The van der Waals surface area contributed by atoms with Crippen LogP contribution in [0.3, 0.4) is 0 Å². The molecule has 2 N–H and O–H groups in total. The SMILES string of the molecule is CCc1ccccc1NC(=O)CN(C)CC(=O)Nc1cccc(S(C)(=O)=O)c1. The zero-order valence-electron chi connectivity index (χ0n) is 16.2. The van der Waals surface area contributed by atoms with E-state index >= 15 is 0 Å². The molecule has 0 aliphatic rings. The maximum Gasteiger partial charge on any atom is 0.238 e. The molecule has 0 aliphatic heterocycles. The van der Waals surface area contributed by atoms with Gasteiger partial charge < -0.3 is 10.6 Å². The van der Waals surface area contributed by atoms with Crippen molar-refractivity contribution in [2.45, 2.75) is 18.2 Å². The Balaban J connectivity index is 1.89. The summed E-state index contributed by atoms with van der Waals surface area (Å²) in [7, 11) is -1.69. The summed E-state index contributed by atoms with van der Waals surface area (Å²) in [5.41, 5.74) is 2.20. The number of benzene rings is 2. The monoisotopic (exact) mass is 403 g/mol. The number of likely N-dealkylation sites (N-methyl/N-ethyl adjacent to an activating group) is 1. The van der Waals surface area contributed by atoms with E-state index in [9.17, 15) is 18.0 Å². The van der Waals surface area contributed by atoms with Crippen molar-refractivity contribution in [3.05, 3.63) is 54.1 Å². The summed E-state index contributed by atoms with van der Waals surface area (Å²) in [6, 6.07) is 13.6. The maximum atomic E-state index is 12.2. The molecule has 0 aliphatic carbocycles. The summed E-state index contributed by atoms with van der Waals surface area (Å²) in [6.07, 6.45) is 1.91. The average molecular weight is 404 g/mol. The molecule has 0 saturated carbocycles. The highest BCUT2D eigenvalue weighted by Gasteiger charge is 2.13. The van der Waals surface area contributed by atoms with Crippen molar-refractivity contribution in [3.8, 4) is 0 Å². The Morgan fingerprint density at radius 3 is 2.25 bits per heavy atom. The van der Waals surface area contributed by atoms with Crippen LogP contribution in [-0.4, -0.2) is 51.5 Å². The second-order valence-electron chi connectivity index (χ2n) is 6.58. The Morgan fingerprint density at radius 1 is 0.964 bits per heavy atom. The molecule has 0 bridgehead atoms. The first kappa shape index (κ1) is 21.6. The number of hydrogen-bond acceptors (Lipinski definition) is 5. The van der Waals surface area contributed by atoms with E-state index in [1.165, 1.54) is 12.1 Å². The number of aryl methyl sites for hydroxylation is 1. The van der Waals surface area contributed by atoms with Crippen molar-refractivity contribution in [1.82, 2.24) is 4.90 Å². The number of rotatable bonds is 8. The van der Waals surface area contributed by atoms with Gasteiger partial charge in [-0.15, -0.1) is 0 Å². The average Bonchev–Trinajstić information content (AvgIpc) is 2.61. The van der Waals surface area contributed by atoms with E-state index in [-0.39, 0.29) is 29.8 Å². The van der Waals surface area contributed by atoms with Crippen LogP contribution in [0.1, 0.15) is 12.5 Å². The molecule has 2 aromatic rings. The third-order valence-corrected chi connectivity index (χ3v) is 5.16. The topological polar surface area (TPSA) is 95.6 Å². The summed E-state index contributed by atoms with van der Waals surface area (Å²) in [5, 5.41) is 5.51. The number of nitrogens with one attached hydrogen (secondary N) is 2. The summed E-state index contributed by atoms with van der Waals surface area (Å²) in [5.74, 6) is -0.551. The highest BCUT2D eigenvalue weighted by Crippen LogP contribution is 2.16. The molecule has 0 saturated heterocycles. The second kappa shape index (κ2) is 9.48. The van der Waals surface area contributed by atoms with Gasteiger partial charge in [0, 0.05) is 17.6 Å². The van der Waals surface area contributed by atoms with E-state index in [2.05, 4.69) is 10.6 Å². The predicted molar refractivity (Wildman–Crippen MR) is 110 cm³/mol. The van der Waals surface area contributed by atoms with Crippen LogP contribution in [0.25, 0.3) is 0 Å². The van der Waals surface area contributed by atoms with Crippen molar-refractivity contribution in [2.24, 2.45) is 0 Å². The van der Waals surface area contributed by atoms with Gasteiger partial charge in [-0.3, -0.25) is 14.5 Å². The number of anilines is 2. The van der Waals surface area contributed by atoms with Gasteiger partial charge in [0.05, 0.1) is 18.0 Å². The highest BCUT2D eigenvalue weighted by molar-refractivity contribution is 7.90. The molecule has 0 atom stereocenters. The normalized spacial score (nSPS) is 11.3. The number of hydrogen-bond donors (Lipinski definition) is 2. The molecule has 0 unspecified atom stereocenters. The van der Waals surface area contributed by atoms with Crippen molar-refractivity contribution < 1.29 is 18.0 Å². The Hall–Kier alpha value is -2.71. The Morgan fingerprint density at radius 2 is 1.61 bits per heavy atom. The third kappa shape index (κ3) is 6.47. The van der Waals surface area contributed by atoms with Gasteiger partial charge >= 0.3 is 0 Å². The Kier molecular flexibility index (Phi) is 7.31. The Bertz CT molecular complexity index is 957. The molecule has 2 aromatic carbocycles. The molecule has 2 rings (SSSR count). The smallest absolute Gasteiger partial charge is 0.238 e. The second-order valence-corrected chi connectivity index (χ2v) is 8.60. The van der Waals surface area contributed by atoms with Gasteiger partial charge in [0.2, 0.25) is 11.8 Å². The van der Waals surface area contributed by atoms with E-state index < -0.39 is 9.84 Å². The number of amides is 2. The van der Waals surface area contributed by atoms with Crippen LogP contribution in [0.4, 0.5) is 11.4 Å². The minimum atomic E-state index is -3.35. The number of sulfone groups is 1. The van der Waals surface area contributed by atoms with E-state index in [1.54, 1.807) is 24.1 Å². The van der Waals surface area contributed by atoms with E-state index in [0.717, 1.165) is 23.9 Å². The number of para-hydroxylation sites is 1. The summed E-state index contributed by atoms with van der Waals surface area (Å²) >= 11 is 0. The van der Waals surface area contributed by atoms with Crippen molar-refractivity contribution in [1.29, 1.82) is 0 Å². The number of carbonyl (C=O) groups is 2. The number of nitrogens with zero attached hydrogens (tertiary/aromatic N) is 1. The zero-order chi connectivity index (χ0) is 20.7. The minimum Gasteiger partial charge on any atom is -0.325 e. The molecule has 0 heterocycles. The van der Waals surface area contributed by atoms with Crippen LogP contribution >= 0.6 is 0 Å². The fraction of sp³-hybridized carbons (Fsp3) is 0.300. The molecule has 150 valence electrons. The summed E-state index contributed by atoms with van der Waals surface area (Å²) < 4.78 is 23.2. The van der Waals surface area contributed by atoms with Crippen molar-refractivity contribution >= 4 is 33.0 Å². The minimum absolute atomic E-state index is 0.00799. The molecule has 0 aromatic heterocycles. The summed E-state index contributed by atoms with van der Waals surface area (Å²) in [4.78, 5) is 26.1. The fourth-order valence-corrected chi connectivity index (χ4v) is 3.36. The van der Waals surface area contributed by atoms with Crippen LogP contribution in [0, 0.1) is 0 Å². The molecule has 0 spiro atoms. The highest BCUT2D eigenvalue weighted by atomic mass is 32.2. The van der Waals surface area contributed by atoms with Crippen molar-refractivity contribution in [2.75, 3.05) is 37.0 Å². The first-order valence-corrected chi connectivity index (χ1v) is 10.7. The third-order valence-electron chi connectivity index (χ3n) is 4.05. The predicted octanol–water partition coefficient (Wildman–Crippen LogP) is 2.16. The van der Waals surface area contributed by atoms with Gasteiger partial charge in [0.1, 0.15) is 0 Å². The van der Waals surface area contributed by atoms with Crippen LogP contribution in [-0.2, 0) is 25.8 Å². The quantitative estimate of drug-likeness (QED) is 0.704. The molecule has 0 radical (unpaired) electrons. The van der Waals surface area contributed by atoms with Crippen molar-refractivity contribution in [3.63, 3.8) is 0 Å². The van der Waals surface area contributed by atoms with Crippen LogP contribution < -0.4 is 10.6 Å². The Labute approximate surface area is 165 Å². The first-order chi connectivity index (χ1) is 13.2. The number of carbonyl (C=O) groups excluding carboxylic acids is 2. The van der Waals surface area contributed by atoms with Crippen LogP contribution in [0.5, 0.6) is 0 Å². The zero-order valence-corrected chi connectivity index (χ0v) is 17.0. The van der Waals surface area contributed by atoms with E-state index in [1.807, 2.05) is 31.2 Å². The fourth-order valence-electron chi connectivity index (χ4n) is 2.69. The molecular formula is C20H25N3O4S. The molecule has 2 amide bonds. The van der Waals surface area contributed by atoms with E-state index in [4.69, 9.17) is 0 Å². The van der Waals surface area contributed by atoms with Crippen LogP contribution in [0.15, 0.2) is 53.4 Å². The molecule has 28 heavy (non-hydrogen) atoms. The first-order valence-electron chi connectivity index (χ1n) is 8.85. The van der Waals surface area contributed by atoms with Crippen LogP contribution in [0.2, 0.25) is 0 Å². The molecule has 8 heteroatoms. The molecule has 0 fully saturated rings. The lowest BCUT2D eigenvalue weighted by Crippen LogP contribution is -2.36. The van der Waals surface area contributed by atoms with Gasteiger partial charge in [-0.25, -0.2) is 8.42 Å².